The molecule has 0 aliphatic rings. The topological polar surface area (TPSA) is 49.8 Å². The van der Waals surface area contributed by atoms with Gasteiger partial charge in [-0.3, -0.25) is 4.57 Å². The first-order chi connectivity index (χ1) is 26.7. The Balaban J connectivity index is 1.26. The third-order valence-corrected chi connectivity index (χ3v) is 10.8. The Bertz CT molecular complexity index is 3020. The molecule has 0 amide bonds. The van der Waals surface area contributed by atoms with Crippen molar-refractivity contribution in [1.82, 2.24) is 23.9 Å². The highest BCUT2D eigenvalue weighted by molar-refractivity contribution is 6.12. The second-order valence-corrected chi connectivity index (χ2v) is 15.0. The van der Waals surface area contributed by atoms with Crippen LogP contribution in [0.25, 0.3) is 60.8 Å². The Morgan fingerprint density at radius 3 is 1.98 bits per heavy atom. The molecule has 4 heterocycles. The minimum atomic E-state index is -1.59. The molecule has 6 heteroatoms. The Kier molecular flexibility index (Phi) is 7.26. The lowest BCUT2D eigenvalue weighted by Crippen LogP contribution is -2.08. The fourth-order valence-electron chi connectivity index (χ4n) is 8.72. The summed E-state index contributed by atoms with van der Waals surface area (Å²) in [6, 6.07) is 31.4. The number of aromatic nitrogens is 5. The molecule has 0 radical (unpaired) electrons. The van der Waals surface area contributed by atoms with E-state index >= 15 is 0 Å². The van der Waals surface area contributed by atoms with Crippen molar-refractivity contribution in [3.63, 3.8) is 0 Å². The molecule has 9 aromatic rings. The number of para-hydroxylation sites is 1. The molecule has 268 valence electrons. The van der Waals surface area contributed by atoms with E-state index in [4.69, 9.17) is 12.5 Å². The third kappa shape index (κ3) is 5.23. The maximum Gasteiger partial charge on any atom is 0.142 e. The zero-order valence-corrected chi connectivity index (χ0v) is 32.4. The van der Waals surface area contributed by atoms with Crippen molar-refractivity contribution in [2.24, 2.45) is 0 Å². The summed E-state index contributed by atoms with van der Waals surface area (Å²) in [6.07, 6.45) is 0.423. The molecule has 0 saturated carbocycles. The van der Waals surface area contributed by atoms with Crippen LogP contribution in [0.5, 0.6) is 11.5 Å². The van der Waals surface area contributed by atoms with Gasteiger partial charge in [-0.15, -0.1) is 0 Å². The van der Waals surface area contributed by atoms with Gasteiger partial charge in [-0.1, -0.05) is 48.4 Å². The van der Waals surface area contributed by atoms with Gasteiger partial charge in [0.05, 0.1) is 39.1 Å². The van der Waals surface area contributed by atoms with Gasteiger partial charge in [0.1, 0.15) is 17.3 Å². The highest BCUT2D eigenvalue weighted by Gasteiger charge is 2.23. The second kappa shape index (κ2) is 12.5. The molecule has 0 aliphatic carbocycles. The molecule has 6 nitrogen and oxygen atoms in total. The van der Waals surface area contributed by atoms with Crippen molar-refractivity contribution in [3.05, 3.63) is 148 Å². The van der Waals surface area contributed by atoms with Crippen LogP contribution in [0.3, 0.4) is 0 Å². The number of hydrogen-bond donors (Lipinski definition) is 0. The number of pyridine rings is 1. The lowest BCUT2D eigenvalue weighted by molar-refractivity contribution is 0.482. The quantitative estimate of drug-likeness (QED) is 0.173. The van der Waals surface area contributed by atoms with E-state index in [9.17, 15) is 0 Å². The van der Waals surface area contributed by atoms with Crippen molar-refractivity contribution < 1.29 is 7.48 Å². The van der Waals surface area contributed by atoms with E-state index in [2.05, 4.69) is 116 Å². The van der Waals surface area contributed by atoms with Crippen LogP contribution in [0.1, 0.15) is 60.0 Å². The Morgan fingerprint density at radius 1 is 0.630 bits per heavy atom. The van der Waals surface area contributed by atoms with E-state index in [0.717, 1.165) is 61.5 Å². The predicted octanol–water partition coefficient (Wildman–Crippen LogP) is 12.3. The molecular formula is C48H45N5O. The summed E-state index contributed by atoms with van der Waals surface area (Å²) in [7, 11) is 0. The van der Waals surface area contributed by atoms with Crippen LogP contribution in [0.15, 0.2) is 97.2 Å². The predicted molar refractivity (Wildman–Crippen MR) is 224 cm³/mol. The average molecular weight is 710 g/mol. The van der Waals surface area contributed by atoms with E-state index in [0.29, 0.717) is 17.1 Å². The smallest absolute Gasteiger partial charge is 0.142 e. The SMILES string of the molecule is [2H]C([2H])(C)c1cc(Oc2ccc3c4ccccc4n(-c4ncc(C)c(-n5c6c(C)cc(C)cc6c6cc(C)cc(C)c65)c4C)c3c2)cc(-n2nc(C)cc2C)c1. The summed E-state index contributed by atoms with van der Waals surface area (Å²) in [5.41, 5.74) is 15.9. The molecule has 0 saturated heterocycles. The van der Waals surface area contributed by atoms with Gasteiger partial charge in [0.15, 0.2) is 0 Å². The van der Waals surface area contributed by atoms with E-state index in [-0.39, 0.29) is 0 Å². The van der Waals surface area contributed by atoms with Gasteiger partial charge in [0, 0.05) is 53.9 Å². The van der Waals surface area contributed by atoms with Crippen LogP contribution in [-0.4, -0.2) is 23.9 Å². The second-order valence-electron chi connectivity index (χ2n) is 15.0. The average Bonchev–Trinajstić information content (AvgIpc) is 3.76. The molecule has 0 bridgehead atoms. The molecule has 54 heavy (non-hydrogen) atoms. The molecule has 0 aliphatic heterocycles. The molecule has 0 fully saturated rings. The van der Waals surface area contributed by atoms with E-state index in [1.165, 1.54) is 44.1 Å². The van der Waals surface area contributed by atoms with Crippen molar-refractivity contribution in [3.8, 4) is 28.7 Å². The first kappa shape index (κ1) is 31.4. The Hall–Kier alpha value is -6.14. The van der Waals surface area contributed by atoms with Crippen LogP contribution in [-0.2, 0) is 6.37 Å². The largest absolute Gasteiger partial charge is 0.457 e. The fourth-order valence-corrected chi connectivity index (χ4v) is 8.72. The van der Waals surface area contributed by atoms with Gasteiger partial charge in [-0.05, 0) is 133 Å². The maximum atomic E-state index is 8.57. The molecule has 4 aromatic heterocycles. The van der Waals surface area contributed by atoms with Gasteiger partial charge < -0.3 is 9.30 Å². The third-order valence-electron chi connectivity index (χ3n) is 10.8. The molecule has 9 rings (SSSR count). The minimum absolute atomic E-state index is 0.514. The van der Waals surface area contributed by atoms with Crippen molar-refractivity contribution in [1.29, 1.82) is 0 Å². The van der Waals surface area contributed by atoms with Crippen LogP contribution < -0.4 is 4.74 Å². The van der Waals surface area contributed by atoms with E-state index in [1.807, 2.05) is 49.0 Å². The number of nitrogens with zero attached hydrogens (tertiary/aromatic N) is 5. The maximum absolute atomic E-state index is 8.57. The van der Waals surface area contributed by atoms with Crippen LogP contribution in [0.2, 0.25) is 0 Å². The normalized spacial score (nSPS) is 12.7. The van der Waals surface area contributed by atoms with Crippen LogP contribution in [0.4, 0.5) is 0 Å². The molecule has 0 atom stereocenters. The van der Waals surface area contributed by atoms with Crippen LogP contribution in [0, 0.1) is 55.4 Å². The first-order valence-electron chi connectivity index (χ1n) is 19.6. The zero-order chi connectivity index (χ0) is 39.4. The highest BCUT2D eigenvalue weighted by Crippen LogP contribution is 2.41. The van der Waals surface area contributed by atoms with Gasteiger partial charge in [0.2, 0.25) is 0 Å². The number of rotatable bonds is 6. The minimum Gasteiger partial charge on any atom is -0.457 e. The number of fused-ring (bicyclic) bond motifs is 6. The first-order valence-corrected chi connectivity index (χ1v) is 18.6. The summed E-state index contributed by atoms with van der Waals surface area (Å²) in [6.45, 7) is 18.7. The Labute approximate surface area is 319 Å². The zero-order valence-electron chi connectivity index (χ0n) is 34.4. The monoisotopic (exact) mass is 709 g/mol. The lowest BCUT2D eigenvalue weighted by atomic mass is 10.0. The van der Waals surface area contributed by atoms with E-state index < -0.39 is 6.37 Å². The van der Waals surface area contributed by atoms with Crippen LogP contribution >= 0.6 is 0 Å². The van der Waals surface area contributed by atoms with E-state index in [1.54, 1.807) is 13.0 Å². The van der Waals surface area contributed by atoms with Crippen molar-refractivity contribution in [2.45, 2.75) is 68.7 Å². The molecule has 0 N–H and O–H groups in total. The number of hydrogen-bond acceptors (Lipinski definition) is 3. The highest BCUT2D eigenvalue weighted by atomic mass is 16.5. The molecular weight excluding hydrogens is 663 g/mol. The Morgan fingerprint density at radius 2 is 1.31 bits per heavy atom. The fraction of sp³-hybridized carbons (Fsp3) is 0.208. The van der Waals surface area contributed by atoms with Gasteiger partial charge in [0.25, 0.3) is 0 Å². The number of benzene rings is 5. The molecule has 0 spiro atoms. The summed E-state index contributed by atoms with van der Waals surface area (Å²) in [5, 5.41) is 9.42. The van der Waals surface area contributed by atoms with Gasteiger partial charge >= 0.3 is 0 Å². The lowest BCUT2D eigenvalue weighted by Gasteiger charge is -2.20. The number of aryl methyl sites for hydroxylation is 8. The van der Waals surface area contributed by atoms with Crippen molar-refractivity contribution in [2.75, 3.05) is 0 Å². The van der Waals surface area contributed by atoms with Crippen molar-refractivity contribution >= 4 is 43.6 Å². The standard InChI is InChI=1S/C48H45N5O/c1-10-35-22-36(53-33(8)21-32(7)50-53)24-38(23-35)54-37-15-16-40-39-13-11-12-14-43(39)51(44(40)25-37)48-34(9)45(31(6)26-49-48)52-46-29(4)17-27(2)19-41(46)42-20-28(3)18-30(5)47(42)52/h11-26H,10H2,1-9H3/i10D2. The number of ether oxygens (including phenoxy) is 1. The van der Waals surface area contributed by atoms with Gasteiger partial charge in [-0.25, -0.2) is 9.67 Å². The summed E-state index contributed by atoms with van der Waals surface area (Å²) in [5.74, 6) is 2.03. The summed E-state index contributed by atoms with van der Waals surface area (Å²) >= 11 is 0. The molecule has 5 aromatic carbocycles. The molecule has 0 unspecified atom stereocenters. The van der Waals surface area contributed by atoms with Gasteiger partial charge in [-0.2, -0.15) is 5.10 Å². The summed E-state index contributed by atoms with van der Waals surface area (Å²) < 4.78 is 30.4. The summed E-state index contributed by atoms with van der Waals surface area (Å²) in [4.78, 5) is 5.19.